The standard InChI is InChI=1S/C20H23N/c1-15-5-2-8-19(13-15)21-12-4-9-20(21)18-7-3-6-17(14-18)16-10-11-16/h2-3,5-8,13-14,16,20H,4,9-12H2,1H3. The minimum atomic E-state index is 0.561. The van der Waals surface area contributed by atoms with Gasteiger partial charge in [0.05, 0.1) is 6.04 Å². The zero-order valence-corrected chi connectivity index (χ0v) is 12.8. The molecule has 1 nitrogen and oxygen atoms in total. The largest absolute Gasteiger partial charge is 0.364 e. The Kier molecular flexibility index (Phi) is 3.21. The third-order valence-electron chi connectivity index (χ3n) is 4.93. The van der Waals surface area contributed by atoms with Crippen molar-refractivity contribution < 1.29 is 0 Å². The number of hydrogen-bond acceptors (Lipinski definition) is 1. The van der Waals surface area contributed by atoms with Crippen molar-refractivity contribution in [3.63, 3.8) is 0 Å². The Labute approximate surface area is 127 Å². The van der Waals surface area contributed by atoms with Crippen molar-refractivity contribution in [1.29, 1.82) is 0 Å². The van der Waals surface area contributed by atoms with Crippen molar-refractivity contribution in [3.05, 3.63) is 65.2 Å². The molecule has 0 bridgehead atoms. The van der Waals surface area contributed by atoms with Gasteiger partial charge in [-0.25, -0.2) is 0 Å². The van der Waals surface area contributed by atoms with Gasteiger partial charge in [0.1, 0.15) is 0 Å². The Morgan fingerprint density at radius 1 is 0.905 bits per heavy atom. The molecule has 1 unspecified atom stereocenters. The summed E-state index contributed by atoms with van der Waals surface area (Å²) < 4.78 is 0. The number of hydrogen-bond donors (Lipinski definition) is 0. The molecule has 4 rings (SSSR count). The molecule has 21 heavy (non-hydrogen) atoms. The van der Waals surface area contributed by atoms with E-state index in [1.54, 1.807) is 5.56 Å². The number of aryl methyl sites for hydroxylation is 1. The van der Waals surface area contributed by atoms with Gasteiger partial charge < -0.3 is 4.90 Å². The quantitative estimate of drug-likeness (QED) is 0.744. The van der Waals surface area contributed by atoms with E-state index in [0.717, 1.165) is 5.92 Å². The molecular formula is C20H23N. The van der Waals surface area contributed by atoms with Crippen LogP contribution >= 0.6 is 0 Å². The van der Waals surface area contributed by atoms with Crippen molar-refractivity contribution in [1.82, 2.24) is 0 Å². The third-order valence-corrected chi connectivity index (χ3v) is 4.93. The van der Waals surface area contributed by atoms with Crippen molar-refractivity contribution in [2.45, 2.75) is 44.6 Å². The summed E-state index contributed by atoms with van der Waals surface area (Å²) in [5, 5.41) is 0. The van der Waals surface area contributed by atoms with E-state index in [4.69, 9.17) is 0 Å². The molecule has 2 aromatic carbocycles. The molecule has 1 aliphatic heterocycles. The molecule has 1 aliphatic carbocycles. The molecule has 108 valence electrons. The van der Waals surface area contributed by atoms with Crippen LogP contribution in [0.3, 0.4) is 0 Å². The SMILES string of the molecule is Cc1cccc(N2CCCC2c2cccc(C3CC3)c2)c1. The van der Waals surface area contributed by atoms with Crippen LogP contribution in [-0.2, 0) is 0 Å². The summed E-state index contributed by atoms with van der Waals surface area (Å²) in [6.45, 7) is 3.37. The van der Waals surface area contributed by atoms with Gasteiger partial charge in [-0.3, -0.25) is 0 Å². The van der Waals surface area contributed by atoms with E-state index in [-0.39, 0.29) is 0 Å². The van der Waals surface area contributed by atoms with Gasteiger partial charge in [-0.15, -0.1) is 0 Å². The average molecular weight is 277 g/mol. The third kappa shape index (κ3) is 2.57. The Morgan fingerprint density at radius 2 is 1.71 bits per heavy atom. The summed E-state index contributed by atoms with van der Waals surface area (Å²) in [5.41, 5.74) is 5.81. The maximum absolute atomic E-state index is 2.60. The molecule has 2 aliphatic rings. The minimum absolute atomic E-state index is 0.561. The van der Waals surface area contributed by atoms with Crippen LogP contribution in [0, 0.1) is 6.92 Å². The van der Waals surface area contributed by atoms with E-state index in [1.165, 1.54) is 49.0 Å². The lowest BCUT2D eigenvalue weighted by molar-refractivity contribution is 0.717. The molecule has 1 heterocycles. The fourth-order valence-electron chi connectivity index (χ4n) is 3.67. The first-order valence-corrected chi connectivity index (χ1v) is 8.24. The normalized spacial score (nSPS) is 21.8. The zero-order chi connectivity index (χ0) is 14.2. The van der Waals surface area contributed by atoms with E-state index in [9.17, 15) is 0 Å². The topological polar surface area (TPSA) is 3.24 Å². The number of nitrogens with zero attached hydrogens (tertiary/aromatic N) is 1. The number of anilines is 1. The van der Waals surface area contributed by atoms with Gasteiger partial charge >= 0.3 is 0 Å². The van der Waals surface area contributed by atoms with E-state index in [2.05, 4.69) is 60.4 Å². The minimum Gasteiger partial charge on any atom is -0.364 e. The Balaban J connectivity index is 1.65. The van der Waals surface area contributed by atoms with Gasteiger partial charge in [0.2, 0.25) is 0 Å². The zero-order valence-electron chi connectivity index (χ0n) is 12.8. The van der Waals surface area contributed by atoms with E-state index in [1.807, 2.05) is 0 Å². The van der Waals surface area contributed by atoms with Crippen molar-refractivity contribution in [3.8, 4) is 0 Å². The molecule has 1 saturated heterocycles. The highest BCUT2D eigenvalue weighted by molar-refractivity contribution is 5.52. The second-order valence-electron chi connectivity index (χ2n) is 6.63. The number of benzene rings is 2. The van der Waals surface area contributed by atoms with Gasteiger partial charge in [0.15, 0.2) is 0 Å². The van der Waals surface area contributed by atoms with E-state index in [0.29, 0.717) is 6.04 Å². The lowest BCUT2D eigenvalue weighted by Crippen LogP contribution is -2.22. The van der Waals surface area contributed by atoms with Crippen LogP contribution < -0.4 is 4.90 Å². The van der Waals surface area contributed by atoms with Crippen molar-refractivity contribution in [2.75, 3.05) is 11.4 Å². The van der Waals surface area contributed by atoms with Crippen LogP contribution in [-0.4, -0.2) is 6.54 Å². The van der Waals surface area contributed by atoms with Gasteiger partial charge in [-0.2, -0.15) is 0 Å². The monoisotopic (exact) mass is 277 g/mol. The van der Waals surface area contributed by atoms with Crippen molar-refractivity contribution >= 4 is 5.69 Å². The summed E-state index contributed by atoms with van der Waals surface area (Å²) in [6, 6.07) is 18.9. The second-order valence-corrected chi connectivity index (χ2v) is 6.63. The fourth-order valence-corrected chi connectivity index (χ4v) is 3.67. The van der Waals surface area contributed by atoms with Crippen LogP contribution in [0.4, 0.5) is 5.69 Å². The van der Waals surface area contributed by atoms with Crippen LogP contribution in [0.15, 0.2) is 48.5 Å². The summed E-state index contributed by atoms with van der Waals surface area (Å²) >= 11 is 0. The highest BCUT2D eigenvalue weighted by atomic mass is 15.2. The molecule has 0 spiro atoms. The summed E-state index contributed by atoms with van der Waals surface area (Å²) in [6.07, 6.45) is 5.35. The molecule has 0 aromatic heterocycles. The smallest absolute Gasteiger partial charge is 0.0543 e. The predicted molar refractivity (Wildman–Crippen MR) is 88.9 cm³/mol. The fraction of sp³-hybridized carbons (Fsp3) is 0.400. The molecule has 2 fully saturated rings. The molecule has 0 radical (unpaired) electrons. The summed E-state index contributed by atoms with van der Waals surface area (Å²) in [5.74, 6) is 0.846. The highest BCUT2D eigenvalue weighted by Gasteiger charge is 2.28. The van der Waals surface area contributed by atoms with Crippen LogP contribution in [0.25, 0.3) is 0 Å². The summed E-state index contributed by atoms with van der Waals surface area (Å²) in [4.78, 5) is 2.60. The summed E-state index contributed by atoms with van der Waals surface area (Å²) in [7, 11) is 0. The first kappa shape index (κ1) is 12.9. The van der Waals surface area contributed by atoms with Gasteiger partial charge in [-0.1, -0.05) is 36.4 Å². The lowest BCUT2D eigenvalue weighted by Gasteiger charge is -2.28. The second kappa shape index (κ2) is 5.22. The predicted octanol–water partition coefficient (Wildman–Crippen LogP) is 5.21. The average Bonchev–Trinajstić information content (AvgIpc) is 3.24. The van der Waals surface area contributed by atoms with Gasteiger partial charge in [0, 0.05) is 12.2 Å². The first-order chi connectivity index (χ1) is 10.3. The molecule has 1 saturated carbocycles. The lowest BCUT2D eigenvalue weighted by atomic mass is 9.99. The van der Waals surface area contributed by atoms with Crippen LogP contribution in [0.5, 0.6) is 0 Å². The first-order valence-electron chi connectivity index (χ1n) is 8.24. The molecular weight excluding hydrogens is 254 g/mol. The van der Waals surface area contributed by atoms with E-state index < -0.39 is 0 Å². The Morgan fingerprint density at radius 3 is 2.52 bits per heavy atom. The van der Waals surface area contributed by atoms with Crippen LogP contribution in [0.1, 0.15) is 54.3 Å². The highest BCUT2D eigenvalue weighted by Crippen LogP contribution is 2.42. The molecule has 2 aromatic rings. The maximum atomic E-state index is 2.60. The molecule has 1 atom stereocenters. The Bertz CT molecular complexity index is 642. The molecule has 1 heteroatoms. The van der Waals surface area contributed by atoms with Crippen molar-refractivity contribution in [2.24, 2.45) is 0 Å². The Hall–Kier alpha value is -1.76. The van der Waals surface area contributed by atoms with Gasteiger partial charge in [0.25, 0.3) is 0 Å². The van der Waals surface area contributed by atoms with E-state index >= 15 is 0 Å². The van der Waals surface area contributed by atoms with Crippen LogP contribution in [0.2, 0.25) is 0 Å². The molecule has 0 amide bonds. The number of rotatable bonds is 3. The van der Waals surface area contributed by atoms with Gasteiger partial charge in [-0.05, 0) is 67.3 Å². The maximum Gasteiger partial charge on any atom is 0.0543 e. The molecule has 0 N–H and O–H groups in total.